The van der Waals surface area contributed by atoms with E-state index in [4.69, 9.17) is 0 Å². The van der Waals surface area contributed by atoms with E-state index >= 15 is 0 Å². The molecule has 4 nitrogen and oxygen atoms in total. The molecule has 0 heterocycles. The van der Waals surface area contributed by atoms with Crippen LogP contribution in [-0.4, -0.2) is 23.6 Å². The second kappa shape index (κ2) is 8.79. The van der Waals surface area contributed by atoms with Gasteiger partial charge in [-0.3, -0.25) is 10.1 Å². The van der Waals surface area contributed by atoms with Gasteiger partial charge < -0.3 is 10.4 Å². The summed E-state index contributed by atoms with van der Waals surface area (Å²) in [6.07, 6.45) is 3.80. The van der Waals surface area contributed by atoms with E-state index in [1.165, 1.54) is 12.8 Å². The smallest absolute Gasteiger partial charge is 0.234 e. The summed E-state index contributed by atoms with van der Waals surface area (Å²) in [7, 11) is 0. The summed E-state index contributed by atoms with van der Waals surface area (Å²) >= 11 is 0. The minimum Gasteiger partial charge on any atom is -0.386 e. The van der Waals surface area contributed by atoms with Crippen LogP contribution < -0.4 is 10.6 Å². The number of nitrogens with one attached hydrogen (secondary N) is 2. The molecular formula is C21H26N2O2. The zero-order chi connectivity index (χ0) is 17.5. The predicted molar refractivity (Wildman–Crippen MR) is 99.0 cm³/mol. The van der Waals surface area contributed by atoms with Gasteiger partial charge in [-0.1, -0.05) is 73.5 Å². The van der Waals surface area contributed by atoms with Gasteiger partial charge in [0.25, 0.3) is 0 Å². The third-order valence-corrected chi connectivity index (χ3v) is 4.82. The van der Waals surface area contributed by atoms with E-state index in [0.717, 1.165) is 24.0 Å². The van der Waals surface area contributed by atoms with Gasteiger partial charge in [-0.2, -0.15) is 0 Å². The highest BCUT2D eigenvalue weighted by Gasteiger charge is 2.24. The number of rotatable bonds is 7. The third kappa shape index (κ3) is 4.91. The van der Waals surface area contributed by atoms with E-state index in [1.807, 2.05) is 60.7 Å². The molecule has 1 fully saturated rings. The minimum atomic E-state index is -0.720. The van der Waals surface area contributed by atoms with Crippen LogP contribution in [0.25, 0.3) is 0 Å². The Morgan fingerprint density at radius 2 is 1.52 bits per heavy atom. The molecule has 1 aliphatic rings. The van der Waals surface area contributed by atoms with Crippen molar-refractivity contribution in [2.75, 3.05) is 6.54 Å². The monoisotopic (exact) mass is 338 g/mol. The summed E-state index contributed by atoms with van der Waals surface area (Å²) in [6, 6.07) is 19.3. The van der Waals surface area contributed by atoms with Crippen molar-refractivity contribution in [1.29, 1.82) is 0 Å². The number of hydrogen-bond acceptors (Lipinski definition) is 3. The summed E-state index contributed by atoms with van der Waals surface area (Å²) in [4.78, 5) is 12.2. The molecule has 2 aromatic carbocycles. The maximum atomic E-state index is 12.2. The van der Waals surface area contributed by atoms with Gasteiger partial charge in [-0.05, 0) is 24.0 Å². The maximum absolute atomic E-state index is 12.2. The number of carbonyl (C=O) groups is 1. The molecule has 0 saturated heterocycles. The van der Waals surface area contributed by atoms with Crippen LogP contribution in [0.1, 0.15) is 49.0 Å². The maximum Gasteiger partial charge on any atom is 0.234 e. The van der Waals surface area contributed by atoms with Crippen LogP contribution in [0.2, 0.25) is 0 Å². The van der Waals surface area contributed by atoms with Crippen molar-refractivity contribution in [3.63, 3.8) is 0 Å². The lowest BCUT2D eigenvalue weighted by atomic mass is 9.96. The molecule has 0 aromatic heterocycles. The van der Waals surface area contributed by atoms with Crippen LogP contribution in [0.4, 0.5) is 0 Å². The van der Waals surface area contributed by atoms with E-state index in [2.05, 4.69) is 10.6 Å². The van der Waals surface area contributed by atoms with Crippen molar-refractivity contribution in [2.24, 2.45) is 0 Å². The van der Waals surface area contributed by atoms with Crippen molar-refractivity contribution in [3.8, 4) is 0 Å². The Kier molecular flexibility index (Phi) is 6.20. The Morgan fingerprint density at radius 1 is 0.960 bits per heavy atom. The van der Waals surface area contributed by atoms with Crippen molar-refractivity contribution in [1.82, 2.24) is 10.6 Å². The van der Waals surface area contributed by atoms with Crippen molar-refractivity contribution in [2.45, 2.75) is 43.9 Å². The number of hydrogen-bond donors (Lipinski definition) is 3. The summed E-state index contributed by atoms with van der Waals surface area (Å²) in [5.41, 5.74) is 1.80. The Labute approximate surface area is 149 Å². The molecule has 0 bridgehead atoms. The molecular weight excluding hydrogens is 312 g/mol. The highest BCUT2D eigenvalue weighted by Crippen LogP contribution is 2.28. The van der Waals surface area contributed by atoms with Gasteiger partial charge in [0.05, 0.1) is 18.7 Å². The largest absolute Gasteiger partial charge is 0.386 e. The van der Waals surface area contributed by atoms with Crippen LogP contribution in [0.5, 0.6) is 0 Å². The summed E-state index contributed by atoms with van der Waals surface area (Å²) in [5.74, 6) is -0.00640. The van der Waals surface area contributed by atoms with Gasteiger partial charge >= 0.3 is 0 Å². The topological polar surface area (TPSA) is 61.4 Å². The number of benzene rings is 2. The minimum absolute atomic E-state index is 0.00640. The normalized spacial score (nSPS) is 17.2. The number of aliphatic hydroxyl groups excluding tert-OH is 1. The molecule has 0 unspecified atom stereocenters. The van der Waals surface area contributed by atoms with Gasteiger partial charge in [0.1, 0.15) is 0 Å². The molecule has 0 spiro atoms. The molecule has 132 valence electrons. The van der Waals surface area contributed by atoms with Crippen LogP contribution in [0.15, 0.2) is 60.7 Å². The Balaban J connectivity index is 1.67. The van der Waals surface area contributed by atoms with Crippen molar-refractivity contribution >= 4 is 5.91 Å². The number of aliphatic hydroxyl groups is 1. The summed E-state index contributed by atoms with van der Waals surface area (Å²) in [5, 5.41) is 17.2. The standard InChI is InChI=1S/C21H26N2O2/c24-19(23-18-13-7-8-14-18)15-22-20(16-9-3-1-4-10-16)21(25)17-11-5-2-6-12-17/h1-6,9-12,18,20-22,25H,7-8,13-15H2,(H,23,24)/t20-,21+/m1/s1. The molecule has 25 heavy (non-hydrogen) atoms. The third-order valence-electron chi connectivity index (χ3n) is 4.82. The molecule has 4 heteroatoms. The van der Waals surface area contributed by atoms with Crippen LogP contribution in [-0.2, 0) is 4.79 Å². The van der Waals surface area contributed by atoms with Crippen molar-refractivity contribution < 1.29 is 9.90 Å². The highest BCUT2D eigenvalue weighted by atomic mass is 16.3. The number of carbonyl (C=O) groups excluding carboxylic acids is 1. The lowest BCUT2D eigenvalue weighted by molar-refractivity contribution is -0.121. The fraction of sp³-hybridized carbons (Fsp3) is 0.381. The van der Waals surface area contributed by atoms with Gasteiger partial charge in [0.15, 0.2) is 0 Å². The zero-order valence-electron chi connectivity index (χ0n) is 14.4. The van der Waals surface area contributed by atoms with E-state index in [9.17, 15) is 9.90 Å². The Hall–Kier alpha value is -2.17. The van der Waals surface area contributed by atoms with Crippen LogP contribution in [0, 0.1) is 0 Å². The fourth-order valence-electron chi connectivity index (χ4n) is 3.47. The average molecular weight is 338 g/mol. The van der Waals surface area contributed by atoms with Gasteiger partial charge in [-0.15, -0.1) is 0 Å². The second-order valence-electron chi connectivity index (χ2n) is 6.67. The van der Waals surface area contributed by atoms with Crippen LogP contribution >= 0.6 is 0 Å². The average Bonchev–Trinajstić information content (AvgIpc) is 3.16. The van der Waals surface area contributed by atoms with E-state index in [1.54, 1.807) is 0 Å². The molecule has 3 N–H and O–H groups in total. The second-order valence-corrected chi connectivity index (χ2v) is 6.67. The highest BCUT2D eigenvalue weighted by molar-refractivity contribution is 5.78. The van der Waals surface area contributed by atoms with Gasteiger partial charge in [0.2, 0.25) is 5.91 Å². The van der Waals surface area contributed by atoms with E-state index < -0.39 is 6.10 Å². The van der Waals surface area contributed by atoms with E-state index in [0.29, 0.717) is 6.04 Å². The molecule has 0 radical (unpaired) electrons. The molecule has 1 saturated carbocycles. The first-order valence-electron chi connectivity index (χ1n) is 9.05. The molecule has 0 aliphatic heterocycles. The van der Waals surface area contributed by atoms with Gasteiger partial charge in [0, 0.05) is 6.04 Å². The Bertz CT molecular complexity index is 654. The number of amides is 1. The fourth-order valence-corrected chi connectivity index (χ4v) is 3.47. The van der Waals surface area contributed by atoms with Crippen molar-refractivity contribution in [3.05, 3.63) is 71.8 Å². The van der Waals surface area contributed by atoms with E-state index in [-0.39, 0.29) is 18.5 Å². The first kappa shape index (κ1) is 17.6. The zero-order valence-corrected chi connectivity index (χ0v) is 14.4. The summed E-state index contributed by atoms with van der Waals surface area (Å²) < 4.78 is 0. The quantitative estimate of drug-likeness (QED) is 0.727. The van der Waals surface area contributed by atoms with Crippen LogP contribution in [0.3, 0.4) is 0 Å². The lowest BCUT2D eigenvalue weighted by Gasteiger charge is -2.25. The van der Waals surface area contributed by atoms with Gasteiger partial charge in [-0.25, -0.2) is 0 Å². The summed E-state index contributed by atoms with van der Waals surface area (Å²) in [6.45, 7) is 0.194. The molecule has 1 amide bonds. The molecule has 1 aliphatic carbocycles. The predicted octanol–water partition coefficient (Wildman–Crippen LogP) is 3.11. The molecule has 3 rings (SSSR count). The first-order valence-corrected chi connectivity index (χ1v) is 9.05. The first-order chi connectivity index (χ1) is 12.2. The SMILES string of the molecule is O=C(CN[C@H](c1ccccc1)[C@@H](O)c1ccccc1)NC1CCCC1. The molecule has 2 aromatic rings. The lowest BCUT2D eigenvalue weighted by Crippen LogP contribution is -2.41. The molecule has 2 atom stereocenters. The Morgan fingerprint density at radius 3 is 2.12 bits per heavy atom.